The fourth-order valence-corrected chi connectivity index (χ4v) is 2.99. The first-order chi connectivity index (χ1) is 14.3. The van der Waals surface area contributed by atoms with Gasteiger partial charge in [-0.2, -0.15) is 0 Å². The summed E-state index contributed by atoms with van der Waals surface area (Å²) >= 11 is 0. The zero-order valence-corrected chi connectivity index (χ0v) is 17.1. The molecule has 0 aliphatic heterocycles. The van der Waals surface area contributed by atoms with E-state index in [0.29, 0.717) is 12.0 Å². The Labute approximate surface area is 175 Å². The first kappa shape index (κ1) is 22.9. The molecule has 8 nitrogen and oxygen atoms in total. The van der Waals surface area contributed by atoms with Gasteiger partial charge in [0.05, 0.1) is 7.11 Å². The molecule has 0 heterocycles. The van der Waals surface area contributed by atoms with E-state index in [1.54, 1.807) is 12.1 Å². The number of phenolic OH excluding ortho intramolecular Hbond substituents is 1. The van der Waals surface area contributed by atoms with Crippen molar-refractivity contribution in [1.82, 2.24) is 10.3 Å². The van der Waals surface area contributed by atoms with Crippen LogP contribution in [0.4, 0.5) is 0 Å². The number of amides is 2. The third-order valence-electron chi connectivity index (χ3n) is 4.87. The summed E-state index contributed by atoms with van der Waals surface area (Å²) in [5, 5.41) is 12.9. The van der Waals surface area contributed by atoms with Crippen LogP contribution < -0.4 is 11.2 Å². The molecule has 160 valence electrons. The van der Waals surface area contributed by atoms with Crippen molar-refractivity contribution in [2.24, 2.45) is 5.84 Å². The van der Waals surface area contributed by atoms with Crippen molar-refractivity contribution in [2.75, 3.05) is 13.7 Å². The van der Waals surface area contributed by atoms with Gasteiger partial charge in [-0.25, -0.2) is 5.84 Å². The number of phenols is 1. The molecule has 2 rings (SSSR count). The maximum Gasteiger partial charge on any atom is 0.325 e. The van der Waals surface area contributed by atoms with Crippen LogP contribution in [-0.4, -0.2) is 47.1 Å². The van der Waals surface area contributed by atoms with Crippen LogP contribution in [0.2, 0.25) is 0 Å². The van der Waals surface area contributed by atoms with Gasteiger partial charge >= 0.3 is 5.97 Å². The molecular formula is C22H27N3O5. The van der Waals surface area contributed by atoms with Gasteiger partial charge in [-0.15, -0.1) is 0 Å². The minimum atomic E-state index is -1.46. The van der Waals surface area contributed by atoms with Crippen molar-refractivity contribution in [1.29, 1.82) is 0 Å². The average Bonchev–Trinajstić information content (AvgIpc) is 2.77. The average molecular weight is 413 g/mol. The number of benzene rings is 2. The van der Waals surface area contributed by atoms with Crippen LogP contribution in [0.5, 0.6) is 5.75 Å². The fourth-order valence-electron chi connectivity index (χ4n) is 2.99. The number of aromatic hydroxyl groups is 1. The number of rotatable bonds is 9. The van der Waals surface area contributed by atoms with Crippen LogP contribution in [0.1, 0.15) is 24.5 Å². The lowest BCUT2D eigenvalue weighted by atomic mass is 9.90. The molecule has 0 aromatic heterocycles. The van der Waals surface area contributed by atoms with E-state index >= 15 is 0 Å². The van der Waals surface area contributed by atoms with Gasteiger partial charge in [-0.3, -0.25) is 19.4 Å². The van der Waals surface area contributed by atoms with E-state index < -0.39 is 23.3 Å². The molecule has 0 aliphatic rings. The Morgan fingerprint density at radius 2 is 1.70 bits per heavy atom. The number of hydrogen-bond donors (Lipinski definition) is 3. The molecule has 0 unspecified atom stereocenters. The smallest absolute Gasteiger partial charge is 0.325 e. The summed E-state index contributed by atoms with van der Waals surface area (Å²) in [4.78, 5) is 37.2. The van der Waals surface area contributed by atoms with Crippen LogP contribution in [0.15, 0.2) is 54.6 Å². The molecule has 1 atom stereocenters. The second-order valence-electron chi connectivity index (χ2n) is 7.13. The lowest BCUT2D eigenvalue weighted by Gasteiger charge is -2.37. The number of carbonyl (C=O) groups excluding carboxylic acids is 3. The first-order valence-electron chi connectivity index (χ1n) is 9.51. The number of carbonyl (C=O) groups is 3. The standard InChI is InChI=1S/C22H27N3O5/c1-22(21(29)24-15-20(28)30-2,14-17-8-11-18(26)12-9-17)25(23)19(27)13-10-16-6-4-3-5-7-16/h3-9,11-12,26H,10,13-15,23H2,1-2H3,(H,24,29)/t22-/m0/s1. The van der Waals surface area contributed by atoms with Crippen LogP contribution in [-0.2, 0) is 32.0 Å². The minimum absolute atomic E-state index is 0.0825. The van der Waals surface area contributed by atoms with Crippen molar-refractivity contribution < 1.29 is 24.2 Å². The van der Waals surface area contributed by atoms with Crippen LogP contribution in [0.25, 0.3) is 0 Å². The summed E-state index contributed by atoms with van der Waals surface area (Å²) in [7, 11) is 1.21. The second-order valence-corrected chi connectivity index (χ2v) is 7.13. The maximum atomic E-state index is 12.9. The summed E-state index contributed by atoms with van der Waals surface area (Å²) in [5.74, 6) is 4.61. The molecule has 30 heavy (non-hydrogen) atoms. The Bertz CT molecular complexity index is 870. The Balaban J connectivity index is 2.19. The molecule has 0 saturated heterocycles. The number of esters is 1. The van der Waals surface area contributed by atoms with E-state index in [9.17, 15) is 19.5 Å². The van der Waals surface area contributed by atoms with E-state index in [2.05, 4.69) is 10.1 Å². The van der Waals surface area contributed by atoms with Gasteiger partial charge < -0.3 is 15.2 Å². The molecule has 0 radical (unpaired) electrons. The van der Waals surface area contributed by atoms with E-state index in [-0.39, 0.29) is 25.1 Å². The van der Waals surface area contributed by atoms with Gasteiger partial charge in [0.2, 0.25) is 11.8 Å². The molecule has 2 aromatic rings. The van der Waals surface area contributed by atoms with Crippen molar-refractivity contribution in [2.45, 2.75) is 31.7 Å². The number of nitrogens with two attached hydrogens (primary N) is 1. The second kappa shape index (κ2) is 10.4. The molecule has 0 saturated carbocycles. The van der Waals surface area contributed by atoms with Gasteiger partial charge in [0.1, 0.15) is 17.8 Å². The van der Waals surface area contributed by atoms with Crippen LogP contribution >= 0.6 is 0 Å². The van der Waals surface area contributed by atoms with E-state index in [4.69, 9.17) is 5.84 Å². The number of ether oxygens (including phenoxy) is 1. The molecule has 0 aliphatic carbocycles. The van der Waals surface area contributed by atoms with Crippen molar-refractivity contribution in [3.63, 3.8) is 0 Å². The highest BCUT2D eigenvalue weighted by molar-refractivity contribution is 5.93. The Morgan fingerprint density at radius 1 is 1.07 bits per heavy atom. The zero-order chi connectivity index (χ0) is 22.1. The van der Waals surface area contributed by atoms with Crippen LogP contribution in [0.3, 0.4) is 0 Å². The summed E-state index contributed by atoms with van der Waals surface area (Å²) in [6, 6.07) is 15.7. The number of hydrogen-bond acceptors (Lipinski definition) is 6. The summed E-state index contributed by atoms with van der Waals surface area (Å²) < 4.78 is 4.55. The number of methoxy groups -OCH3 is 1. The summed E-state index contributed by atoms with van der Waals surface area (Å²) in [5.41, 5.74) is 0.211. The van der Waals surface area contributed by atoms with Crippen molar-refractivity contribution in [3.8, 4) is 5.75 Å². The fraction of sp³-hybridized carbons (Fsp3) is 0.318. The zero-order valence-electron chi connectivity index (χ0n) is 17.1. The monoisotopic (exact) mass is 413 g/mol. The minimum Gasteiger partial charge on any atom is -0.508 e. The summed E-state index contributed by atoms with van der Waals surface area (Å²) in [6.45, 7) is 1.19. The molecular weight excluding hydrogens is 386 g/mol. The Morgan fingerprint density at radius 3 is 2.30 bits per heavy atom. The van der Waals surface area contributed by atoms with Gasteiger partial charge in [-0.05, 0) is 36.6 Å². The van der Waals surface area contributed by atoms with Gasteiger partial charge in [-0.1, -0.05) is 42.5 Å². The molecule has 2 aromatic carbocycles. The topological polar surface area (TPSA) is 122 Å². The molecule has 8 heteroatoms. The number of nitrogens with zero attached hydrogens (tertiary/aromatic N) is 1. The normalized spacial score (nSPS) is 12.5. The SMILES string of the molecule is COC(=O)CNC(=O)[C@](C)(Cc1ccc(O)cc1)N(N)C(=O)CCc1ccccc1. The quantitative estimate of drug-likeness (QED) is 0.247. The Kier molecular flexibility index (Phi) is 7.94. The predicted octanol–water partition coefficient (Wildman–Crippen LogP) is 1.32. The summed E-state index contributed by atoms with van der Waals surface area (Å²) in [6.07, 6.45) is 0.691. The highest BCUT2D eigenvalue weighted by Crippen LogP contribution is 2.22. The van der Waals surface area contributed by atoms with E-state index in [0.717, 1.165) is 10.6 Å². The van der Waals surface area contributed by atoms with Crippen LogP contribution in [0, 0.1) is 0 Å². The highest BCUT2D eigenvalue weighted by Gasteiger charge is 2.41. The predicted molar refractivity (Wildman–Crippen MR) is 111 cm³/mol. The molecule has 2 amide bonds. The number of aryl methyl sites for hydroxylation is 1. The maximum absolute atomic E-state index is 12.9. The number of hydrazine groups is 1. The third kappa shape index (κ3) is 6.05. The highest BCUT2D eigenvalue weighted by atomic mass is 16.5. The lowest BCUT2D eigenvalue weighted by Crippen LogP contribution is -2.63. The molecule has 0 bridgehead atoms. The molecule has 4 N–H and O–H groups in total. The van der Waals surface area contributed by atoms with Gasteiger partial charge in [0, 0.05) is 12.8 Å². The van der Waals surface area contributed by atoms with Crippen molar-refractivity contribution >= 4 is 17.8 Å². The van der Waals surface area contributed by atoms with E-state index in [1.807, 2.05) is 30.3 Å². The van der Waals surface area contributed by atoms with E-state index in [1.165, 1.54) is 26.2 Å². The molecule has 0 spiro atoms. The first-order valence-corrected chi connectivity index (χ1v) is 9.51. The largest absolute Gasteiger partial charge is 0.508 e. The van der Waals surface area contributed by atoms with Gasteiger partial charge in [0.15, 0.2) is 0 Å². The third-order valence-corrected chi connectivity index (χ3v) is 4.87. The molecule has 0 fully saturated rings. The lowest BCUT2D eigenvalue weighted by molar-refractivity contribution is -0.149. The van der Waals surface area contributed by atoms with Gasteiger partial charge in [0.25, 0.3) is 0 Å². The van der Waals surface area contributed by atoms with Crippen molar-refractivity contribution in [3.05, 3.63) is 65.7 Å². The number of nitrogens with one attached hydrogen (secondary N) is 1. The Hall–Kier alpha value is -3.39.